The molecular formula is C20H21N. The summed E-state index contributed by atoms with van der Waals surface area (Å²) in [6, 6.07) is 25.8. The fourth-order valence-electron chi connectivity index (χ4n) is 2.83. The monoisotopic (exact) mass is 275 g/mol. The number of nitrogens with zero attached hydrogens (tertiary/aromatic N) is 1. The molecule has 1 nitrogen and oxygen atoms in total. The fourth-order valence-corrected chi connectivity index (χ4v) is 2.83. The fraction of sp³-hybridized carbons (Fsp3) is 0.200. The molecule has 0 aliphatic heterocycles. The summed E-state index contributed by atoms with van der Waals surface area (Å²) in [5.74, 6) is 0. The van der Waals surface area contributed by atoms with Crippen LogP contribution in [0.1, 0.15) is 12.0 Å². The van der Waals surface area contributed by atoms with Crippen molar-refractivity contribution in [3.05, 3.63) is 78.4 Å². The Labute approximate surface area is 126 Å². The predicted molar refractivity (Wildman–Crippen MR) is 92.0 cm³/mol. The Morgan fingerprint density at radius 1 is 0.762 bits per heavy atom. The Balaban J connectivity index is 1.65. The van der Waals surface area contributed by atoms with Gasteiger partial charge in [0.2, 0.25) is 0 Å². The van der Waals surface area contributed by atoms with Crippen molar-refractivity contribution in [1.29, 1.82) is 0 Å². The first-order valence-electron chi connectivity index (χ1n) is 7.57. The minimum Gasteiger partial charge on any atom is -0.375 e. The lowest BCUT2D eigenvalue weighted by Gasteiger charge is -2.19. The molecule has 0 aliphatic carbocycles. The molecule has 0 bridgehead atoms. The molecule has 0 aliphatic rings. The number of para-hydroxylation sites is 1. The van der Waals surface area contributed by atoms with Crippen LogP contribution in [-0.2, 0) is 6.42 Å². The zero-order chi connectivity index (χ0) is 14.5. The van der Waals surface area contributed by atoms with E-state index in [0.717, 1.165) is 13.0 Å². The number of anilines is 1. The van der Waals surface area contributed by atoms with Crippen LogP contribution < -0.4 is 4.90 Å². The third kappa shape index (κ3) is 3.25. The Morgan fingerprint density at radius 3 is 2.33 bits per heavy atom. The van der Waals surface area contributed by atoms with Gasteiger partial charge in [0.15, 0.2) is 0 Å². The number of fused-ring (bicyclic) bond motifs is 1. The highest BCUT2D eigenvalue weighted by molar-refractivity contribution is 5.85. The molecule has 0 radical (unpaired) electrons. The summed E-state index contributed by atoms with van der Waals surface area (Å²) < 4.78 is 0. The molecule has 0 heterocycles. The van der Waals surface area contributed by atoms with Gasteiger partial charge in [0.05, 0.1) is 0 Å². The summed E-state index contributed by atoms with van der Waals surface area (Å²) in [5.41, 5.74) is 2.74. The molecule has 0 saturated heterocycles. The maximum Gasteiger partial charge on any atom is 0.0363 e. The summed E-state index contributed by atoms with van der Waals surface area (Å²) in [5, 5.41) is 2.73. The third-order valence-electron chi connectivity index (χ3n) is 4.02. The normalized spacial score (nSPS) is 10.7. The molecule has 3 rings (SSSR count). The van der Waals surface area contributed by atoms with Gasteiger partial charge in [-0.2, -0.15) is 0 Å². The Kier molecular flexibility index (Phi) is 4.20. The summed E-state index contributed by atoms with van der Waals surface area (Å²) in [7, 11) is 2.17. The summed E-state index contributed by atoms with van der Waals surface area (Å²) in [6.07, 6.45) is 2.29. The Hall–Kier alpha value is -2.28. The van der Waals surface area contributed by atoms with Crippen LogP contribution in [0.3, 0.4) is 0 Å². The zero-order valence-electron chi connectivity index (χ0n) is 12.5. The van der Waals surface area contributed by atoms with Crippen molar-refractivity contribution in [1.82, 2.24) is 0 Å². The van der Waals surface area contributed by atoms with Crippen LogP contribution in [0.2, 0.25) is 0 Å². The molecule has 0 saturated carbocycles. The van der Waals surface area contributed by atoms with Gasteiger partial charge in [0, 0.05) is 19.3 Å². The van der Waals surface area contributed by atoms with E-state index in [1.165, 1.54) is 28.4 Å². The van der Waals surface area contributed by atoms with Crippen LogP contribution in [-0.4, -0.2) is 13.6 Å². The third-order valence-corrected chi connectivity index (χ3v) is 4.02. The topological polar surface area (TPSA) is 3.24 Å². The highest BCUT2D eigenvalue weighted by atomic mass is 15.1. The van der Waals surface area contributed by atoms with E-state index in [1.807, 2.05) is 0 Å². The molecule has 0 aromatic heterocycles. The molecule has 0 N–H and O–H groups in total. The molecule has 0 unspecified atom stereocenters. The van der Waals surface area contributed by atoms with Crippen molar-refractivity contribution in [3.8, 4) is 0 Å². The van der Waals surface area contributed by atoms with E-state index in [4.69, 9.17) is 0 Å². The Bertz CT molecular complexity index is 698. The van der Waals surface area contributed by atoms with Gasteiger partial charge in [-0.25, -0.2) is 0 Å². The predicted octanol–water partition coefficient (Wildman–Crippen LogP) is 4.91. The first kappa shape index (κ1) is 13.7. The highest BCUT2D eigenvalue weighted by Gasteiger charge is 2.02. The largest absolute Gasteiger partial charge is 0.375 e. The second kappa shape index (κ2) is 6.45. The van der Waals surface area contributed by atoms with Crippen LogP contribution >= 0.6 is 0 Å². The molecule has 3 aromatic carbocycles. The SMILES string of the molecule is CN(CCCc1cccc2ccccc12)c1ccccc1. The van der Waals surface area contributed by atoms with Crippen molar-refractivity contribution in [2.45, 2.75) is 12.8 Å². The smallest absolute Gasteiger partial charge is 0.0363 e. The van der Waals surface area contributed by atoms with Crippen LogP contribution in [0.5, 0.6) is 0 Å². The van der Waals surface area contributed by atoms with E-state index in [2.05, 4.69) is 84.7 Å². The standard InChI is InChI=1S/C20H21N/c1-21(19-13-3-2-4-14-19)16-8-12-18-11-7-10-17-9-5-6-15-20(17)18/h2-7,9-11,13-15H,8,12,16H2,1H3. The van der Waals surface area contributed by atoms with Gasteiger partial charge in [-0.05, 0) is 41.3 Å². The maximum absolute atomic E-state index is 2.32. The molecule has 0 atom stereocenters. The number of hydrogen-bond donors (Lipinski definition) is 0. The number of hydrogen-bond acceptors (Lipinski definition) is 1. The minimum absolute atomic E-state index is 1.08. The van der Waals surface area contributed by atoms with Gasteiger partial charge in [-0.1, -0.05) is 60.7 Å². The van der Waals surface area contributed by atoms with Crippen molar-refractivity contribution in [2.24, 2.45) is 0 Å². The average molecular weight is 275 g/mol. The lowest BCUT2D eigenvalue weighted by molar-refractivity contribution is 0.789. The van der Waals surface area contributed by atoms with E-state index >= 15 is 0 Å². The molecule has 0 amide bonds. The van der Waals surface area contributed by atoms with E-state index < -0.39 is 0 Å². The molecular weight excluding hydrogens is 254 g/mol. The molecule has 3 aromatic rings. The number of aryl methyl sites for hydroxylation is 1. The molecule has 1 heteroatoms. The van der Waals surface area contributed by atoms with Gasteiger partial charge in [-0.15, -0.1) is 0 Å². The van der Waals surface area contributed by atoms with Crippen molar-refractivity contribution >= 4 is 16.5 Å². The minimum atomic E-state index is 1.08. The highest BCUT2D eigenvalue weighted by Crippen LogP contribution is 2.20. The lowest BCUT2D eigenvalue weighted by Crippen LogP contribution is -2.18. The average Bonchev–Trinajstić information content (AvgIpc) is 2.56. The lowest BCUT2D eigenvalue weighted by atomic mass is 10.0. The second-order valence-corrected chi connectivity index (χ2v) is 5.50. The van der Waals surface area contributed by atoms with Crippen LogP contribution in [0.4, 0.5) is 5.69 Å². The van der Waals surface area contributed by atoms with Crippen LogP contribution in [0.25, 0.3) is 10.8 Å². The van der Waals surface area contributed by atoms with Gasteiger partial charge in [-0.3, -0.25) is 0 Å². The van der Waals surface area contributed by atoms with Gasteiger partial charge in [0.25, 0.3) is 0 Å². The van der Waals surface area contributed by atoms with Crippen molar-refractivity contribution in [3.63, 3.8) is 0 Å². The van der Waals surface area contributed by atoms with Gasteiger partial charge < -0.3 is 4.90 Å². The van der Waals surface area contributed by atoms with E-state index in [0.29, 0.717) is 0 Å². The molecule has 0 spiro atoms. The molecule has 106 valence electrons. The van der Waals surface area contributed by atoms with Crippen LogP contribution in [0, 0.1) is 0 Å². The molecule has 21 heavy (non-hydrogen) atoms. The zero-order valence-corrected chi connectivity index (χ0v) is 12.5. The first-order chi connectivity index (χ1) is 10.3. The maximum atomic E-state index is 2.32. The molecule has 0 fully saturated rings. The second-order valence-electron chi connectivity index (χ2n) is 5.50. The van der Waals surface area contributed by atoms with E-state index in [-0.39, 0.29) is 0 Å². The van der Waals surface area contributed by atoms with E-state index in [1.54, 1.807) is 0 Å². The van der Waals surface area contributed by atoms with E-state index in [9.17, 15) is 0 Å². The first-order valence-corrected chi connectivity index (χ1v) is 7.57. The Morgan fingerprint density at radius 2 is 1.48 bits per heavy atom. The van der Waals surface area contributed by atoms with Crippen LogP contribution in [0.15, 0.2) is 72.8 Å². The summed E-state index contributed by atoms with van der Waals surface area (Å²) in [6.45, 7) is 1.08. The van der Waals surface area contributed by atoms with Gasteiger partial charge >= 0.3 is 0 Å². The summed E-state index contributed by atoms with van der Waals surface area (Å²) in [4.78, 5) is 2.32. The van der Waals surface area contributed by atoms with Gasteiger partial charge in [0.1, 0.15) is 0 Å². The van der Waals surface area contributed by atoms with Crippen molar-refractivity contribution < 1.29 is 0 Å². The summed E-state index contributed by atoms with van der Waals surface area (Å²) >= 11 is 0. The van der Waals surface area contributed by atoms with Crippen molar-refractivity contribution in [2.75, 3.05) is 18.5 Å². The number of rotatable bonds is 5. The number of benzene rings is 3. The quantitative estimate of drug-likeness (QED) is 0.639.